The second kappa shape index (κ2) is 16.3. The van der Waals surface area contributed by atoms with Crippen LogP contribution in [0.25, 0.3) is 0 Å². The van der Waals surface area contributed by atoms with Crippen molar-refractivity contribution in [3.05, 3.63) is 25.3 Å². The number of hydrogen-bond donors (Lipinski definition) is 0. The summed E-state index contributed by atoms with van der Waals surface area (Å²) in [7, 11) is 0. The summed E-state index contributed by atoms with van der Waals surface area (Å²) in [5, 5.41) is 0. The smallest absolute Gasteiger partial charge is 0.263 e. The van der Waals surface area contributed by atoms with Crippen molar-refractivity contribution in [2.24, 2.45) is 0 Å². The summed E-state index contributed by atoms with van der Waals surface area (Å²) >= 11 is 0. The summed E-state index contributed by atoms with van der Waals surface area (Å²) in [5.74, 6) is 0. The van der Waals surface area contributed by atoms with Crippen LogP contribution >= 0.6 is 0 Å². The third kappa shape index (κ3) is 180. The molecule has 0 saturated carbocycles. The van der Waals surface area contributed by atoms with E-state index in [1.165, 1.54) is 0 Å². The highest BCUT2D eigenvalue weighted by atomic mass is 19.3. The normalized spacial score (nSPS) is 4.88. The molecular weight excluding hydrogens is 117 g/mol. The van der Waals surface area contributed by atoms with E-state index < -0.39 is 6.08 Å². The molecule has 8 heavy (non-hydrogen) atoms. The van der Waals surface area contributed by atoms with Crippen LogP contribution in [0.4, 0.5) is 13.5 Å². The summed E-state index contributed by atoms with van der Waals surface area (Å²) in [6.45, 7) is 7.47. The Morgan fingerprint density at radius 1 is 1.50 bits per heavy atom. The minimum Gasteiger partial charge on any atom is -0.269 e. The maximum absolute atomic E-state index is 10.1. The van der Waals surface area contributed by atoms with Crippen molar-refractivity contribution in [2.45, 2.75) is 6.92 Å². The van der Waals surface area contributed by atoms with E-state index in [1.54, 1.807) is 6.08 Å². The largest absolute Gasteiger partial charge is 0.269 e. The Bertz CT molecular complexity index is 54.7. The van der Waals surface area contributed by atoms with Crippen LogP contribution in [0.3, 0.4) is 0 Å². The van der Waals surface area contributed by atoms with Crippen molar-refractivity contribution in [2.75, 3.05) is 0 Å². The molecule has 0 N–H and O–H groups in total. The first-order chi connectivity index (χ1) is 3.15. The fraction of sp³-hybridized carbons (Fsp3) is 0.200. The first-order valence-electron chi connectivity index (χ1n) is 1.72. The molecule has 0 bridgehead atoms. The number of rotatable bonds is 0. The lowest BCUT2D eigenvalue weighted by molar-refractivity contribution is 0.426. The molecule has 0 fully saturated rings. The molecule has 50 valence electrons. The van der Waals surface area contributed by atoms with E-state index >= 15 is 0 Å². The molecule has 0 aliphatic heterocycles. The van der Waals surface area contributed by atoms with Gasteiger partial charge in [0.25, 0.3) is 6.08 Å². The van der Waals surface area contributed by atoms with Gasteiger partial charge in [-0.1, -0.05) is 6.08 Å². The van der Waals surface area contributed by atoms with Crippen LogP contribution in [0, 0.1) is 0 Å². The summed E-state index contributed by atoms with van der Waals surface area (Å²) in [4.78, 5) is 0. The maximum atomic E-state index is 10.1. The SMILES string of the molecule is C=C(F)F.C=CC.F. The molecule has 0 aliphatic carbocycles. The molecule has 0 radical (unpaired) electrons. The molecular formula is C5H9F3. The van der Waals surface area contributed by atoms with Crippen LogP contribution in [0.15, 0.2) is 25.3 Å². The van der Waals surface area contributed by atoms with Crippen molar-refractivity contribution >= 4 is 0 Å². The van der Waals surface area contributed by atoms with Crippen molar-refractivity contribution in [1.29, 1.82) is 0 Å². The zero-order chi connectivity index (χ0) is 6.28. The lowest BCUT2D eigenvalue weighted by Gasteiger charge is -1.54. The Kier molecular flexibility index (Phi) is 31.9. The lowest BCUT2D eigenvalue weighted by Crippen LogP contribution is -1.33. The molecule has 0 atom stereocenters. The van der Waals surface area contributed by atoms with Crippen LogP contribution < -0.4 is 0 Å². The average molecular weight is 126 g/mol. The molecule has 0 nitrogen and oxygen atoms in total. The minimum absolute atomic E-state index is 0. The van der Waals surface area contributed by atoms with Crippen molar-refractivity contribution in [3.8, 4) is 0 Å². The van der Waals surface area contributed by atoms with Gasteiger partial charge in [-0.3, -0.25) is 4.70 Å². The Labute approximate surface area is 46.9 Å². The molecule has 0 rings (SSSR count). The molecule has 0 saturated heterocycles. The second-order valence-corrected chi connectivity index (χ2v) is 0.747. The van der Waals surface area contributed by atoms with Gasteiger partial charge in [-0.15, -0.1) is 6.58 Å². The monoisotopic (exact) mass is 126 g/mol. The highest BCUT2D eigenvalue weighted by molar-refractivity contribution is 4.57. The van der Waals surface area contributed by atoms with Crippen molar-refractivity contribution in [3.63, 3.8) is 0 Å². The van der Waals surface area contributed by atoms with Gasteiger partial charge in [-0.05, 0) is 13.5 Å². The zero-order valence-electron chi connectivity index (χ0n) is 4.66. The van der Waals surface area contributed by atoms with Gasteiger partial charge in [0.15, 0.2) is 0 Å². The molecule has 0 aliphatic rings. The molecule has 0 unspecified atom stereocenters. The Hall–Kier alpha value is -0.730. The van der Waals surface area contributed by atoms with Crippen LogP contribution in [0.1, 0.15) is 6.92 Å². The van der Waals surface area contributed by atoms with Gasteiger partial charge in [-0.25, -0.2) is 0 Å². The predicted octanol–water partition coefficient (Wildman–Crippen LogP) is 2.74. The molecule has 0 aromatic rings. The summed E-state index contributed by atoms with van der Waals surface area (Å²) in [6.07, 6.45) is -0.0833. The van der Waals surface area contributed by atoms with Crippen LogP contribution in [-0.2, 0) is 0 Å². The number of hydrogen-bond acceptors (Lipinski definition) is 0. The molecule has 0 amide bonds. The minimum atomic E-state index is -1.83. The van der Waals surface area contributed by atoms with Gasteiger partial charge in [-0.2, -0.15) is 8.78 Å². The Morgan fingerprint density at radius 2 is 1.50 bits per heavy atom. The molecule has 3 heteroatoms. The van der Waals surface area contributed by atoms with E-state index in [4.69, 9.17) is 0 Å². The molecule has 0 aromatic carbocycles. The molecule has 0 spiro atoms. The summed E-state index contributed by atoms with van der Waals surface area (Å²) in [5.41, 5.74) is 0. The maximum Gasteiger partial charge on any atom is 0.263 e. The van der Waals surface area contributed by atoms with E-state index in [9.17, 15) is 8.78 Å². The van der Waals surface area contributed by atoms with E-state index in [2.05, 4.69) is 13.2 Å². The van der Waals surface area contributed by atoms with E-state index in [0.29, 0.717) is 0 Å². The van der Waals surface area contributed by atoms with E-state index in [0.717, 1.165) is 0 Å². The van der Waals surface area contributed by atoms with E-state index in [1.807, 2.05) is 6.92 Å². The lowest BCUT2D eigenvalue weighted by atomic mass is 10.8. The first kappa shape index (κ1) is 15.7. The van der Waals surface area contributed by atoms with Gasteiger partial charge >= 0.3 is 0 Å². The second-order valence-electron chi connectivity index (χ2n) is 0.747. The van der Waals surface area contributed by atoms with Gasteiger partial charge in [0.1, 0.15) is 0 Å². The van der Waals surface area contributed by atoms with Gasteiger partial charge in [0, 0.05) is 0 Å². The zero-order valence-corrected chi connectivity index (χ0v) is 4.66. The van der Waals surface area contributed by atoms with Gasteiger partial charge < -0.3 is 0 Å². The third-order valence-corrected chi connectivity index (χ3v) is 0. The highest BCUT2D eigenvalue weighted by Crippen LogP contribution is 1.85. The van der Waals surface area contributed by atoms with Gasteiger partial charge in [0.2, 0.25) is 0 Å². The number of halogens is 3. The van der Waals surface area contributed by atoms with Crippen LogP contribution in [-0.4, -0.2) is 0 Å². The average Bonchev–Trinajstić information content (AvgIpc) is 1.33. The predicted molar refractivity (Wildman–Crippen MR) is 29.7 cm³/mol. The standard InChI is InChI=1S/C3H6.C2H2F2.FH/c1-3-2;1-2(3)4;/h3H,1H2,2H3;1H2;1H. The first-order valence-corrected chi connectivity index (χ1v) is 1.72. The topological polar surface area (TPSA) is 0 Å². The fourth-order valence-corrected chi connectivity index (χ4v) is 0. The highest BCUT2D eigenvalue weighted by Gasteiger charge is 1.65. The van der Waals surface area contributed by atoms with Gasteiger partial charge in [0.05, 0.1) is 0 Å². The fourth-order valence-electron chi connectivity index (χ4n) is 0. The molecule has 0 heterocycles. The third-order valence-electron chi connectivity index (χ3n) is 0. The van der Waals surface area contributed by atoms with Crippen LogP contribution in [0.5, 0.6) is 0 Å². The number of allylic oxidation sites excluding steroid dienone is 1. The quantitative estimate of drug-likeness (QED) is 0.438. The van der Waals surface area contributed by atoms with Crippen molar-refractivity contribution < 1.29 is 13.5 Å². The Morgan fingerprint density at radius 3 is 1.50 bits per heavy atom. The van der Waals surface area contributed by atoms with Crippen molar-refractivity contribution in [1.82, 2.24) is 0 Å². The Balaban J connectivity index is -0.0000000575. The molecule has 0 aromatic heterocycles. The van der Waals surface area contributed by atoms with Crippen LogP contribution in [0.2, 0.25) is 0 Å². The summed E-state index contributed by atoms with van der Waals surface area (Å²) in [6, 6.07) is 0. The summed E-state index contributed by atoms with van der Waals surface area (Å²) < 4.78 is 20.3. The van der Waals surface area contributed by atoms with E-state index in [-0.39, 0.29) is 4.70 Å².